The minimum absolute atomic E-state index is 0.257. The minimum atomic E-state index is -0.306. The Bertz CT molecular complexity index is 1130. The Kier molecular flexibility index (Phi) is 5.93. The number of hydrazone groups is 1. The number of rotatable bonds is 5. The molecule has 158 valence electrons. The molecule has 0 aliphatic heterocycles. The van der Waals surface area contributed by atoms with Crippen molar-refractivity contribution < 1.29 is 14.0 Å². The molecule has 0 unspecified atom stereocenters. The molecule has 0 fully saturated rings. The molecule has 0 atom stereocenters. The van der Waals surface area contributed by atoms with Crippen molar-refractivity contribution in [2.45, 2.75) is 39.7 Å². The largest absolute Gasteiger partial charge is 0.455 e. The van der Waals surface area contributed by atoms with Crippen LogP contribution >= 0.6 is 0 Å². The van der Waals surface area contributed by atoms with Gasteiger partial charge in [-0.15, -0.1) is 0 Å². The Balaban J connectivity index is 1.50. The minimum Gasteiger partial charge on any atom is -0.455 e. The maximum atomic E-state index is 12.8. The number of carbonyl (C=O) groups excluding carboxylic acids is 2. The standard InChI is InChI=1S/C24H24N4O3/c1-15-6-8-17(9-7-15)14-26-24(30)22-16(2)21-19(4-3-5-20(21)31-22)27-28-23(29)18-10-12-25-13-11-18/h6-13H,3-5,14H2,1-2H3,(H,26,30)(H,28,29)/b27-19+. The van der Waals surface area contributed by atoms with Crippen molar-refractivity contribution >= 4 is 17.5 Å². The van der Waals surface area contributed by atoms with Gasteiger partial charge in [0.15, 0.2) is 5.76 Å². The van der Waals surface area contributed by atoms with E-state index in [1.165, 1.54) is 5.56 Å². The van der Waals surface area contributed by atoms with Gasteiger partial charge in [0.05, 0.1) is 5.71 Å². The van der Waals surface area contributed by atoms with Crippen LogP contribution in [0, 0.1) is 13.8 Å². The van der Waals surface area contributed by atoms with Crippen molar-refractivity contribution in [1.82, 2.24) is 15.7 Å². The van der Waals surface area contributed by atoms with Crippen LogP contribution in [0.4, 0.5) is 0 Å². The van der Waals surface area contributed by atoms with Gasteiger partial charge in [0.1, 0.15) is 5.76 Å². The normalized spacial score (nSPS) is 14.2. The third-order valence-corrected chi connectivity index (χ3v) is 5.34. The molecular formula is C24H24N4O3. The smallest absolute Gasteiger partial charge is 0.287 e. The van der Waals surface area contributed by atoms with Gasteiger partial charge in [-0.05, 0) is 44.4 Å². The summed E-state index contributed by atoms with van der Waals surface area (Å²) in [5.41, 5.74) is 7.57. The zero-order chi connectivity index (χ0) is 21.8. The summed E-state index contributed by atoms with van der Waals surface area (Å²) < 4.78 is 5.91. The quantitative estimate of drug-likeness (QED) is 0.620. The first-order valence-corrected chi connectivity index (χ1v) is 10.3. The molecule has 0 radical (unpaired) electrons. The summed E-state index contributed by atoms with van der Waals surface area (Å²) >= 11 is 0. The maximum Gasteiger partial charge on any atom is 0.287 e. The predicted octanol–water partition coefficient (Wildman–Crippen LogP) is 3.69. The van der Waals surface area contributed by atoms with E-state index in [4.69, 9.17) is 4.42 Å². The fourth-order valence-corrected chi connectivity index (χ4v) is 3.65. The van der Waals surface area contributed by atoms with E-state index in [0.717, 1.165) is 41.0 Å². The van der Waals surface area contributed by atoms with E-state index in [1.807, 2.05) is 38.1 Å². The highest BCUT2D eigenvalue weighted by atomic mass is 16.4. The SMILES string of the molecule is Cc1ccc(CNC(=O)c2oc3c(c2C)/C(=N/NC(=O)c2ccncc2)CCC3)cc1. The first-order valence-electron chi connectivity index (χ1n) is 10.3. The van der Waals surface area contributed by atoms with Crippen molar-refractivity contribution in [3.8, 4) is 0 Å². The summed E-state index contributed by atoms with van der Waals surface area (Å²) in [5, 5.41) is 7.26. The summed E-state index contributed by atoms with van der Waals surface area (Å²) in [7, 11) is 0. The number of carbonyl (C=O) groups is 2. The number of hydrogen-bond acceptors (Lipinski definition) is 5. The summed E-state index contributed by atoms with van der Waals surface area (Å²) in [4.78, 5) is 29.0. The number of aryl methyl sites for hydroxylation is 2. The highest BCUT2D eigenvalue weighted by molar-refractivity contribution is 6.07. The fourth-order valence-electron chi connectivity index (χ4n) is 3.65. The molecule has 1 aromatic carbocycles. The second-order valence-corrected chi connectivity index (χ2v) is 7.61. The lowest BCUT2D eigenvalue weighted by molar-refractivity contribution is 0.0919. The lowest BCUT2D eigenvalue weighted by Crippen LogP contribution is -2.23. The van der Waals surface area contributed by atoms with Gasteiger partial charge in [-0.3, -0.25) is 14.6 Å². The average Bonchev–Trinajstić information content (AvgIpc) is 3.14. The Morgan fingerprint density at radius 2 is 1.77 bits per heavy atom. The van der Waals surface area contributed by atoms with E-state index in [1.54, 1.807) is 24.5 Å². The first-order chi connectivity index (χ1) is 15.0. The highest BCUT2D eigenvalue weighted by Gasteiger charge is 2.28. The molecule has 2 N–H and O–H groups in total. The molecule has 3 aromatic rings. The van der Waals surface area contributed by atoms with Crippen molar-refractivity contribution in [2.75, 3.05) is 0 Å². The van der Waals surface area contributed by atoms with E-state index in [2.05, 4.69) is 20.8 Å². The number of amides is 2. The third kappa shape index (κ3) is 4.55. The summed E-state index contributed by atoms with van der Waals surface area (Å²) in [6.07, 6.45) is 5.40. The molecule has 2 aromatic heterocycles. The van der Waals surface area contributed by atoms with Crippen LogP contribution in [0.1, 0.15) is 61.8 Å². The van der Waals surface area contributed by atoms with Crippen molar-refractivity contribution in [3.63, 3.8) is 0 Å². The van der Waals surface area contributed by atoms with E-state index < -0.39 is 0 Å². The zero-order valence-electron chi connectivity index (χ0n) is 17.6. The van der Waals surface area contributed by atoms with Crippen LogP contribution in [0.5, 0.6) is 0 Å². The molecule has 7 nitrogen and oxygen atoms in total. The first kappa shape index (κ1) is 20.5. The number of fused-ring (bicyclic) bond motifs is 1. The number of nitrogens with zero attached hydrogens (tertiary/aromatic N) is 2. The molecule has 2 heterocycles. The Morgan fingerprint density at radius 1 is 1.03 bits per heavy atom. The molecule has 4 rings (SSSR count). The molecular weight excluding hydrogens is 392 g/mol. The Labute approximate surface area is 180 Å². The summed E-state index contributed by atoms with van der Waals surface area (Å²) in [6, 6.07) is 11.3. The zero-order valence-corrected chi connectivity index (χ0v) is 17.6. The molecule has 7 heteroatoms. The van der Waals surface area contributed by atoms with E-state index in [-0.39, 0.29) is 11.8 Å². The number of pyridine rings is 1. The monoisotopic (exact) mass is 416 g/mol. The van der Waals surface area contributed by atoms with Crippen LogP contribution in [0.2, 0.25) is 0 Å². The fraction of sp³-hybridized carbons (Fsp3) is 0.250. The number of hydrogen-bond donors (Lipinski definition) is 2. The van der Waals surface area contributed by atoms with Crippen LogP contribution in [-0.4, -0.2) is 22.5 Å². The lowest BCUT2D eigenvalue weighted by atomic mass is 9.93. The highest BCUT2D eigenvalue weighted by Crippen LogP contribution is 2.30. The van der Waals surface area contributed by atoms with Crippen LogP contribution in [0.15, 0.2) is 58.3 Å². The van der Waals surface area contributed by atoms with Gasteiger partial charge in [0.25, 0.3) is 11.8 Å². The van der Waals surface area contributed by atoms with Crippen LogP contribution in [-0.2, 0) is 13.0 Å². The Hall–Kier alpha value is -3.74. The predicted molar refractivity (Wildman–Crippen MR) is 117 cm³/mol. The van der Waals surface area contributed by atoms with E-state index in [0.29, 0.717) is 24.3 Å². The van der Waals surface area contributed by atoms with Crippen LogP contribution in [0.3, 0.4) is 0 Å². The van der Waals surface area contributed by atoms with Gasteiger partial charge >= 0.3 is 0 Å². The summed E-state index contributed by atoms with van der Waals surface area (Å²) in [6.45, 7) is 4.30. The second-order valence-electron chi connectivity index (χ2n) is 7.61. The van der Waals surface area contributed by atoms with Crippen LogP contribution in [0.25, 0.3) is 0 Å². The van der Waals surface area contributed by atoms with E-state index >= 15 is 0 Å². The van der Waals surface area contributed by atoms with Gasteiger partial charge in [-0.2, -0.15) is 5.10 Å². The van der Waals surface area contributed by atoms with Gasteiger partial charge in [0.2, 0.25) is 0 Å². The molecule has 1 aliphatic carbocycles. The maximum absolute atomic E-state index is 12.8. The summed E-state index contributed by atoms with van der Waals surface area (Å²) in [5.74, 6) is 0.472. The topological polar surface area (TPSA) is 96.6 Å². The molecule has 31 heavy (non-hydrogen) atoms. The van der Waals surface area contributed by atoms with Crippen molar-refractivity contribution in [2.24, 2.45) is 5.10 Å². The van der Waals surface area contributed by atoms with Gasteiger partial charge in [-0.1, -0.05) is 29.8 Å². The number of benzene rings is 1. The Morgan fingerprint density at radius 3 is 2.52 bits per heavy atom. The molecule has 0 bridgehead atoms. The van der Waals surface area contributed by atoms with E-state index in [9.17, 15) is 9.59 Å². The van der Waals surface area contributed by atoms with Gasteiger partial charge in [-0.25, -0.2) is 5.43 Å². The average molecular weight is 416 g/mol. The second kappa shape index (κ2) is 8.95. The third-order valence-electron chi connectivity index (χ3n) is 5.34. The van der Waals surface area contributed by atoms with Crippen molar-refractivity contribution in [1.29, 1.82) is 0 Å². The molecule has 1 aliphatic rings. The van der Waals surface area contributed by atoms with Gasteiger partial charge < -0.3 is 9.73 Å². The molecule has 0 spiro atoms. The van der Waals surface area contributed by atoms with Crippen molar-refractivity contribution in [3.05, 3.63) is 88.1 Å². The van der Waals surface area contributed by atoms with Gasteiger partial charge in [0, 0.05) is 42.0 Å². The number of nitrogens with one attached hydrogen (secondary N) is 2. The number of aromatic nitrogens is 1. The lowest BCUT2D eigenvalue weighted by Gasteiger charge is -2.13. The number of furan rings is 1. The van der Waals surface area contributed by atoms with Crippen LogP contribution < -0.4 is 10.7 Å². The molecule has 2 amide bonds. The molecule has 0 saturated heterocycles. The molecule has 0 saturated carbocycles.